The Bertz CT molecular complexity index is 1170. The van der Waals surface area contributed by atoms with Crippen molar-refractivity contribution in [2.45, 2.75) is 38.4 Å². The summed E-state index contributed by atoms with van der Waals surface area (Å²) >= 11 is 0. The van der Waals surface area contributed by atoms with Gasteiger partial charge in [0.15, 0.2) is 12.1 Å². The van der Waals surface area contributed by atoms with Crippen molar-refractivity contribution in [3.8, 4) is 0 Å². The number of methoxy groups -OCH3 is 1. The van der Waals surface area contributed by atoms with Crippen molar-refractivity contribution in [2.75, 3.05) is 19.0 Å². The third-order valence-electron chi connectivity index (χ3n) is 5.60. The number of nitrogens with one attached hydrogen (secondary N) is 1. The molecule has 1 saturated heterocycles. The summed E-state index contributed by atoms with van der Waals surface area (Å²) in [6.45, 7) is 2.15. The lowest BCUT2D eigenvalue weighted by molar-refractivity contribution is -0.143. The average Bonchev–Trinajstić information content (AvgIpc) is 3.34. The summed E-state index contributed by atoms with van der Waals surface area (Å²) in [6, 6.07) is 10.5. The quantitative estimate of drug-likeness (QED) is 0.466. The molecule has 0 unspecified atom stereocenters. The van der Waals surface area contributed by atoms with Gasteiger partial charge in [-0.3, -0.25) is 29.1 Å². The van der Waals surface area contributed by atoms with E-state index in [9.17, 15) is 19.2 Å². The lowest BCUT2D eigenvalue weighted by Gasteiger charge is -2.20. The standard InChI is InChI=1S/C23H24N6O5/c1-14-6-3-9-17(24-14)25-21(31)16-8-4-7-15(12-16)13-29-20-19(26-27-29)22(32)28(23(20)33)11-5-10-18(30)34-2/h3-4,6-9,12,19-20H,5,10-11,13H2,1-2H3,(H,24,25,31)/t19-,20+/m1/s1. The number of carbonyl (C=O) groups is 4. The highest BCUT2D eigenvalue weighted by atomic mass is 16.5. The number of likely N-dealkylation sites (tertiary alicyclic amines) is 1. The van der Waals surface area contributed by atoms with Crippen LogP contribution in [0, 0.1) is 6.92 Å². The van der Waals surface area contributed by atoms with Gasteiger partial charge in [-0.15, -0.1) is 0 Å². The Hall–Kier alpha value is -4.15. The minimum absolute atomic E-state index is 0.112. The molecule has 0 radical (unpaired) electrons. The van der Waals surface area contributed by atoms with Gasteiger partial charge < -0.3 is 10.1 Å². The number of rotatable bonds is 8. The molecule has 0 bridgehead atoms. The van der Waals surface area contributed by atoms with Crippen molar-refractivity contribution in [2.24, 2.45) is 10.3 Å². The fraction of sp³-hybridized carbons (Fsp3) is 0.348. The maximum absolute atomic E-state index is 12.9. The Morgan fingerprint density at radius 3 is 2.68 bits per heavy atom. The van der Waals surface area contributed by atoms with Crippen molar-refractivity contribution in [1.82, 2.24) is 14.9 Å². The van der Waals surface area contributed by atoms with E-state index in [0.717, 1.165) is 16.2 Å². The van der Waals surface area contributed by atoms with Crippen LogP contribution >= 0.6 is 0 Å². The number of esters is 1. The Balaban J connectivity index is 1.41. The second kappa shape index (κ2) is 9.77. The fourth-order valence-electron chi connectivity index (χ4n) is 3.91. The van der Waals surface area contributed by atoms with E-state index in [4.69, 9.17) is 0 Å². The number of ether oxygens (including phenoxy) is 1. The zero-order valence-electron chi connectivity index (χ0n) is 18.8. The van der Waals surface area contributed by atoms with E-state index in [0.29, 0.717) is 17.8 Å². The summed E-state index contributed by atoms with van der Waals surface area (Å²) in [5, 5.41) is 12.3. The van der Waals surface area contributed by atoms with Gasteiger partial charge in [0.25, 0.3) is 17.7 Å². The summed E-state index contributed by atoms with van der Waals surface area (Å²) in [5.41, 5.74) is 1.94. The molecule has 2 aromatic rings. The van der Waals surface area contributed by atoms with Gasteiger partial charge in [-0.25, -0.2) is 4.98 Å². The third kappa shape index (κ3) is 4.77. The van der Waals surface area contributed by atoms with Crippen molar-refractivity contribution in [3.05, 3.63) is 59.3 Å². The van der Waals surface area contributed by atoms with Crippen molar-refractivity contribution < 1.29 is 23.9 Å². The molecule has 1 N–H and O–H groups in total. The molecule has 3 amide bonds. The number of anilines is 1. The minimum Gasteiger partial charge on any atom is -0.469 e. The van der Waals surface area contributed by atoms with E-state index in [1.165, 1.54) is 12.1 Å². The van der Waals surface area contributed by atoms with E-state index in [-0.39, 0.29) is 25.4 Å². The summed E-state index contributed by atoms with van der Waals surface area (Å²) < 4.78 is 4.59. The predicted octanol–water partition coefficient (Wildman–Crippen LogP) is 1.88. The van der Waals surface area contributed by atoms with Gasteiger partial charge in [0.05, 0.1) is 13.7 Å². The SMILES string of the molecule is COC(=O)CCCN1C(=O)[C@@H]2[C@@H](N=NN2Cc2cccc(C(=O)Nc3cccc(C)n3)c2)C1=O. The van der Waals surface area contributed by atoms with Gasteiger partial charge in [-0.1, -0.05) is 23.4 Å². The Morgan fingerprint density at radius 1 is 1.12 bits per heavy atom. The van der Waals surface area contributed by atoms with E-state index >= 15 is 0 Å². The number of aryl methyl sites for hydroxylation is 1. The van der Waals surface area contributed by atoms with E-state index in [2.05, 4.69) is 25.4 Å². The molecule has 176 valence electrons. The largest absolute Gasteiger partial charge is 0.469 e. The predicted molar refractivity (Wildman–Crippen MR) is 119 cm³/mol. The van der Waals surface area contributed by atoms with Gasteiger partial charge in [0.1, 0.15) is 5.82 Å². The van der Waals surface area contributed by atoms with E-state index < -0.39 is 29.9 Å². The summed E-state index contributed by atoms with van der Waals surface area (Å²) in [4.78, 5) is 54.9. The molecule has 1 aromatic heterocycles. The molecule has 34 heavy (non-hydrogen) atoms. The molecule has 2 aliphatic heterocycles. The highest BCUT2D eigenvalue weighted by molar-refractivity contribution is 6.09. The van der Waals surface area contributed by atoms with Crippen LogP contribution in [0.2, 0.25) is 0 Å². The average molecular weight is 464 g/mol. The topological polar surface area (TPSA) is 134 Å². The Morgan fingerprint density at radius 2 is 1.91 bits per heavy atom. The van der Waals surface area contributed by atoms with E-state index in [1.54, 1.807) is 30.3 Å². The van der Waals surface area contributed by atoms with E-state index in [1.807, 2.05) is 19.1 Å². The number of aromatic nitrogens is 1. The molecule has 1 aromatic carbocycles. The highest BCUT2D eigenvalue weighted by Crippen LogP contribution is 2.29. The second-order valence-electron chi connectivity index (χ2n) is 8.02. The smallest absolute Gasteiger partial charge is 0.305 e. The number of pyridine rings is 1. The van der Waals surface area contributed by atoms with Crippen molar-refractivity contribution >= 4 is 29.5 Å². The highest BCUT2D eigenvalue weighted by Gasteiger charge is 2.53. The monoisotopic (exact) mass is 464 g/mol. The van der Waals surface area contributed by atoms with Crippen LogP contribution in [0.4, 0.5) is 5.82 Å². The summed E-state index contributed by atoms with van der Waals surface area (Å²) in [6.07, 6.45) is 0.425. The zero-order valence-corrected chi connectivity index (χ0v) is 18.8. The first kappa shape index (κ1) is 23.0. The molecule has 11 heteroatoms. The number of hydrogen-bond donors (Lipinski definition) is 1. The van der Waals surface area contributed by atoms with Crippen LogP contribution in [0.1, 0.15) is 34.5 Å². The molecule has 1 fully saturated rings. The Kier molecular flexibility index (Phi) is 6.62. The third-order valence-corrected chi connectivity index (χ3v) is 5.60. The number of benzene rings is 1. The number of amides is 3. The lowest BCUT2D eigenvalue weighted by Crippen LogP contribution is -2.39. The molecule has 3 heterocycles. The van der Waals surface area contributed by atoms with Crippen LogP contribution in [0.15, 0.2) is 52.8 Å². The minimum atomic E-state index is -0.899. The summed E-state index contributed by atoms with van der Waals surface area (Å²) in [5.74, 6) is -1.09. The first-order valence-electron chi connectivity index (χ1n) is 10.8. The number of fused-ring (bicyclic) bond motifs is 1. The first-order chi connectivity index (χ1) is 16.4. The molecule has 11 nitrogen and oxygen atoms in total. The molecular formula is C23H24N6O5. The van der Waals surface area contributed by atoms with Gasteiger partial charge in [-0.05, 0) is 43.2 Å². The van der Waals surface area contributed by atoms with Gasteiger partial charge in [0, 0.05) is 24.2 Å². The number of nitrogens with zero attached hydrogens (tertiary/aromatic N) is 5. The zero-order chi connectivity index (χ0) is 24.2. The van der Waals surface area contributed by atoms with Crippen molar-refractivity contribution in [1.29, 1.82) is 0 Å². The normalized spacial score (nSPS) is 18.9. The molecule has 0 spiro atoms. The molecule has 4 rings (SSSR count). The maximum Gasteiger partial charge on any atom is 0.305 e. The van der Waals surface area contributed by atoms with Crippen LogP contribution in [0.5, 0.6) is 0 Å². The lowest BCUT2D eigenvalue weighted by atomic mass is 10.1. The fourth-order valence-corrected chi connectivity index (χ4v) is 3.91. The van der Waals surface area contributed by atoms with Crippen LogP contribution in [0.25, 0.3) is 0 Å². The van der Waals surface area contributed by atoms with Crippen LogP contribution in [-0.4, -0.2) is 64.3 Å². The van der Waals surface area contributed by atoms with Gasteiger partial charge >= 0.3 is 5.97 Å². The molecule has 0 saturated carbocycles. The number of carbonyl (C=O) groups excluding carboxylic acids is 4. The molecule has 2 atom stereocenters. The van der Waals surface area contributed by atoms with Gasteiger partial charge in [0.2, 0.25) is 0 Å². The van der Waals surface area contributed by atoms with Crippen LogP contribution in [0.3, 0.4) is 0 Å². The number of hydrogen-bond acceptors (Lipinski definition) is 9. The number of imide groups is 1. The van der Waals surface area contributed by atoms with Crippen LogP contribution in [-0.2, 0) is 25.7 Å². The van der Waals surface area contributed by atoms with Gasteiger partial charge in [-0.2, -0.15) is 5.11 Å². The molecular weight excluding hydrogens is 440 g/mol. The first-order valence-corrected chi connectivity index (χ1v) is 10.8. The van der Waals surface area contributed by atoms with Crippen molar-refractivity contribution in [3.63, 3.8) is 0 Å². The molecule has 0 aliphatic carbocycles. The maximum atomic E-state index is 12.9. The molecule has 2 aliphatic rings. The second-order valence-corrected chi connectivity index (χ2v) is 8.02. The summed E-state index contributed by atoms with van der Waals surface area (Å²) in [7, 11) is 1.29. The van der Waals surface area contributed by atoms with Crippen LogP contribution < -0.4 is 5.32 Å². The Labute approximate surface area is 195 Å².